The van der Waals surface area contributed by atoms with Gasteiger partial charge < -0.3 is 43.0 Å². The summed E-state index contributed by atoms with van der Waals surface area (Å²) in [6.07, 6.45) is 14.6. The van der Waals surface area contributed by atoms with Gasteiger partial charge in [-0.25, -0.2) is 0 Å². The predicted molar refractivity (Wildman–Crippen MR) is 145 cm³/mol. The largest absolute Gasteiger partial charge is 0.370 e. The van der Waals surface area contributed by atoms with Gasteiger partial charge in [0.1, 0.15) is 20.4 Å². The van der Waals surface area contributed by atoms with Crippen LogP contribution in [0.1, 0.15) is 103 Å². The van der Waals surface area contributed by atoms with Crippen molar-refractivity contribution in [2.45, 2.75) is 146 Å². The Hall–Kier alpha value is -0.360. The summed E-state index contributed by atoms with van der Waals surface area (Å²) in [7, 11) is 4.90. The van der Waals surface area contributed by atoms with Crippen LogP contribution in [0.5, 0.6) is 0 Å². The lowest BCUT2D eigenvalue weighted by molar-refractivity contribution is -0.211. The van der Waals surface area contributed by atoms with Crippen molar-refractivity contribution in [2.24, 2.45) is 0 Å². The maximum absolute atomic E-state index is 9.85. The third-order valence-electron chi connectivity index (χ3n) is 7.64. The van der Waals surface area contributed by atoms with Crippen LogP contribution in [0, 0.1) is 0 Å². The second kappa shape index (κ2) is 21.4. The minimum Gasteiger partial charge on any atom is -0.370 e. The number of aliphatic hydroxyl groups is 1. The number of ether oxygens (including phenoxy) is 8. The molecule has 0 aromatic rings. The van der Waals surface area contributed by atoms with E-state index in [0.29, 0.717) is 12.8 Å². The van der Waals surface area contributed by atoms with E-state index in [1.165, 1.54) is 44.9 Å². The van der Waals surface area contributed by atoms with Crippen LogP contribution in [0.3, 0.4) is 0 Å². The highest BCUT2D eigenvalue weighted by Crippen LogP contribution is 2.32. The van der Waals surface area contributed by atoms with Crippen molar-refractivity contribution in [1.82, 2.24) is 0 Å². The van der Waals surface area contributed by atoms with Crippen molar-refractivity contribution in [3.63, 3.8) is 0 Å². The number of rotatable bonds is 23. The highest BCUT2D eigenvalue weighted by molar-refractivity contribution is 4.86. The van der Waals surface area contributed by atoms with E-state index in [9.17, 15) is 5.11 Å². The summed E-state index contributed by atoms with van der Waals surface area (Å²) >= 11 is 0. The first-order valence-corrected chi connectivity index (χ1v) is 14.9. The number of hydrogen-bond acceptors (Lipinski definition) is 9. The zero-order valence-electron chi connectivity index (χ0n) is 24.5. The van der Waals surface area contributed by atoms with Gasteiger partial charge >= 0.3 is 0 Å². The molecule has 0 spiro atoms. The molecule has 0 aliphatic carbocycles. The molecule has 9 nitrogen and oxygen atoms in total. The fourth-order valence-electron chi connectivity index (χ4n) is 5.56. The Labute approximate surface area is 231 Å². The summed E-state index contributed by atoms with van der Waals surface area (Å²) in [6, 6.07) is 0. The van der Waals surface area contributed by atoms with Crippen LogP contribution < -0.4 is 0 Å². The van der Waals surface area contributed by atoms with Gasteiger partial charge in [-0.2, -0.15) is 0 Å². The smallest absolute Gasteiger partial charge is 0.155 e. The van der Waals surface area contributed by atoms with E-state index >= 15 is 0 Å². The summed E-state index contributed by atoms with van der Waals surface area (Å²) in [6.45, 7) is 2.93. The minimum absolute atomic E-state index is 0.0199. The quantitative estimate of drug-likeness (QED) is 0.135. The van der Waals surface area contributed by atoms with E-state index in [4.69, 9.17) is 37.9 Å². The molecule has 2 rings (SSSR count). The molecule has 2 heterocycles. The van der Waals surface area contributed by atoms with Gasteiger partial charge in [-0.15, -0.1) is 0 Å². The zero-order chi connectivity index (χ0) is 27.4. The molecule has 9 heteroatoms. The average molecular weight is 549 g/mol. The van der Waals surface area contributed by atoms with Gasteiger partial charge in [0, 0.05) is 27.8 Å². The first-order valence-electron chi connectivity index (χ1n) is 14.9. The fourth-order valence-corrected chi connectivity index (χ4v) is 5.56. The molecule has 7 atom stereocenters. The van der Waals surface area contributed by atoms with E-state index in [1.807, 2.05) is 0 Å². The average Bonchev–Trinajstić information content (AvgIpc) is 3.36. The minimum atomic E-state index is -0.725. The molecule has 0 aromatic heterocycles. The number of aliphatic hydroxyl groups excluding tert-OH is 1. The molecule has 2 saturated heterocycles. The Balaban J connectivity index is 1.91. The molecule has 2 fully saturated rings. The van der Waals surface area contributed by atoms with Crippen molar-refractivity contribution in [1.29, 1.82) is 0 Å². The lowest BCUT2D eigenvalue weighted by Gasteiger charge is -2.40. The first-order chi connectivity index (χ1) is 18.6. The molecule has 0 radical (unpaired) electrons. The van der Waals surface area contributed by atoms with E-state index in [1.54, 1.807) is 21.3 Å². The normalized spacial score (nSPS) is 27.6. The second-order valence-electron chi connectivity index (χ2n) is 10.7. The van der Waals surface area contributed by atoms with E-state index in [2.05, 4.69) is 6.92 Å². The third-order valence-corrected chi connectivity index (χ3v) is 7.64. The van der Waals surface area contributed by atoms with Crippen molar-refractivity contribution in [3.8, 4) is 0 Å². The van der Waals surface area contributed by atoms with Crippen molar-refractivity contribution < 1.29 is 43.0 Å². The third kappa shape index (κ3) is 13.3. The Kier molecular flexibility index (Phi) is 19.1. The van der Waals surface area contributed by atoms with Gasteiger partial charge in [0.25, 0.3) is 0 Å². The van der Waals surface area contributed by atoms with Crippen LogP contribution in [0.4, 0.5) is 0 Å². The van der Waals surface area contributed by atoms with E-state index in [-0.39, 0.29) is 57.0 Å². The van der Waals surface area contributed by atoms with Crippen molar-refractivity contribution in [3.05, 3.63) is 0 Å². The zero-order valence-corrected chi connectivity index (χ0v) is 24.5. The molecular formula is C29H56O9. The molecule has 0 saturated carbocycles. The van der Waals surface area contributed by atoms with Crippen LogP contribution in [0.15, 0.2) is 0 Å². The standard InChI is InChI=1S/C29H56O9/c1-5-6-7-8-9-10-11-12-13-26-23(34-20-31-2)16-17-27(37-26)24(35-21-32-3)14-15-25(36-22-33-4)28-18-19-29(30)38-28/h23-30H,5-22H2,1-4H3/t23-,24+,25+,26+,27+,28+,29+/m1/s1. The van der Waals surface area contributed by atoms with E-state index in [0.717, 1.165) is 38.5 Å². The number of hydrogen-bond donors (Lipinski definition) is 1. The van der Waals surface area contributed by atoms with Crippen LogP contribution in [0.25, 0.3) is 0 Å². The Morgan fingerprint density at radius 1 is 0.684 bits per heavy atom. The maximum atomic E-state index is 9.85. The lowest BCUT2D eigenvalue weighted by Crippen LogP contribution is -2.46. The molecule has 0 bridgehead atoms. The molecule has 2 aliphatic heterocycles. The Morgan fingerprint density at radius 3 is 1.79 bits per heavy atom. The van der Waals surface area contributed by atoms with E-state index < -0.39 is 6.29 Å². The van der Waals surface area contributed by atoms with Crippen molar-refractivity contribution >= 4 is 0 Å². The SMILES string of the molecule is CCCCCCCCCC[C@@H]1O[C@H]([C@H](CC[C@H](OCOC)[C@@H]2CC[C@@H](O)O2)OCOC)CC[C@H]1OCOC. The molecule has 0 amide bonds. The molecule has 2 aliphatic rings. The van der Waals surface area contributed by atoms with Gasteiger partial charge in [-0.05, 0) is 38.5 Å². The second-order valence-corrected chi connectivity index (χ2v) is 10.7. The van der Waals surface area contributed by atoms with Crippen molar-refractivity contribution in [2.75, 3.05) is 41.7 Å². The van der Waals surface area contributed by atoms with Crippen LogP contribution in [0.2, 0.25) is 0 Å². The number of unbranched alkanes of at least 4 members (excludes halogenated alkanes) is 7. The highest BCUT2D eigenvalue weighted by Gasteiger charge is 2.37. The topological polar surface area (TPSA) is 94.1 Å². The monoisotopic (exact) mass is 548 g/mol. The first kappa shape index (κ1) is 33.8. The van der Waals surface area contributed by atoms with Crippen LogP contribution in [-0.4, -0.2) is 89.7 Å². The molecular weight excluding hydrogens is 492 g/mol. The lowest BCUT2D eigenvalue weighted by atomic mass is 9.92. The van der Waals surface area contributed by atoms with Crippen LogP contribution >= 0.6 is 0 Å². The maximum Gasteiger partial charge on any atom is 0.155 e. The molecule has 0 unspecified atom stereocenters. The molecule has 0 aromatic carbocycles. The van der Waals surface area contributed by atoms with Gasteiger partial charge in [-0.1, -0.05) is 58.3 Å². The highest BCUT2D eigenvalue weighted by atomic mass is 16.7. The molecule has 1 N–H and O–H groups in total. The van der Waals surface area contributed by atoms with Crippen LogP contribution in [-0.2, 0) is 37.9 Å². The van der Waals surface area contributed by atoms with Gasteiger partial charge in [0.15, 0.2) is 6.29 Å². The van der Waals surface area contributed by atoms with Gasteiger partial charge in [-0.3, -0.25) is 0 Å². The Morgan fingerprint density at radius 2 is 1.24 bits per heavy atom. The van der Waals surface area contributed by atoms with Gasteiger partial charge in [0.2, 0.25) is 0 Å². The van der Waals surface area contributed by atoms with Gasteiger partial charge in [0.05, 0.1) is 36.6 Å². The number of methoxy groups -OCH3 is 3. The summed E-state index contributed by atoms with van der Waals surface area (Å²) in [5, 5.41) is 9.85. The predicted octanol–water partition coefficient (Wildman–Crippen LogP) is 5.31. The Bertz CT molecular complexity index is 552. The summed E-state index contributed by atoms with van der Waals surface area (Å²) in [5.74, 6) is 0. The molecule has 226 valence electrons. The summed E-state index contributed by atoms with van der Waals surface area (Å²) in [5.41, 5.74) is 0. The molecule has 38 heavy (non-hydrogen) atoms. The fraction of sp³-hybridized carbons (Fsp3) is 1.00. The summed E-state index contributed by atoms with van der Waals surface area (Å²) < 4.78 is 46.0. The summed E-state index contributed by atoms with van der Waals surface area (Å²) in [4.78, 5) is 0.